The van der Waals surface area contributed by atoms with Gasteiger partial charge in [-0.05, 0) is 81.9 Å². The molecule has 0 bridgehead atoms. The van der Waals surface area contributed by atoms with Gasteiger partial charge in [0, 0.05) is 5.56 Å². The second-order valence-electron chi connectivity index (χ2n) is 7.86. The lowest BCUT2D eigenvalue weighted by Crippen LogP contribution is -2.06. The third kappa shape index (κ3) is 2.84. The highest BCUT2D eigenvalue weighted by molar-refractivity contribution is 7.45. The second kappa shape index (κ2) is 7.05. The van der Waals surface area contributed by atoms with E-state index >= 15 is 0 Å². The Hall–Kier alpha value is -2.47. The van der Waals surface area contributed by atoms with Crippen LogP contribution in [0, 0.1) is 0 Å². The minimum Gasteiger partial charge on any atom is -0.488 e. The van der Waals surface area contributed by atoms with Gasteiger partial charge in [-0.2, -0.15) is 0 Å². The number of allylic oxidation sites excluding steroid dienone is 1. The Balaban J connectivity index is 1.44. The number of benzene rings is 3. The first-order chi connectivity index (χ1) is 14.7. The van der Waals surface area contributed by atoms with Gasteiger partial charge in [-0.25, -0.2) is 4.98 Å². The monoisotopic (exact) mass is 428 g/mol. The van der Waals surface area contributed by atoms with Gasteiger partial charge in [0.05, 0.1) is 11.9 Å². The third-order valence-electron chi connectivity index (χ3n) is 6.19. The van der Waals surface area contributed by atoms with Crippen LogP contribution in [0.1, 0.15) is 16.7 Å². The van der Waals surface area contributed by atoms with E-state index in [0.29, 0.717) is 15.2 Å². The molecule has 1 aliphatic heterocycles. The molecule has 3 aromatic carbocycles. The molecule has 2 aliphatic rings. The van der Waals surface area contributed by atoms with Gasteiger partial charge in [0.1, 0.15) is 17.9 Å². The van der Waals surface area contributed by atoms with Crippen LogP contribution in [0.15, 0.2) is 54.0 Å². The van der Waals surface area contributed by atoms with Gasteiger partial charge in [-0.15, -0.1) is 0 Å². The number of H-pyrrole nitrogens is 1. The summed E-state index contributed by atoms with van der Waals surface area (Å²) >= 11 is 0. The molecule has 6 rings (SSSR count). The Morgan fingerprint density at radius 2 is 1.93 bits per heavy atom. The highest BCUT2D eigenvalue weighted by Gasteiger charge is 2.21. The summed E-state index contributed by atoms with van der Waals surface area (Å²) in [7, 11) is 1.55. The summed E-state index contributed by atoms with van der Waals surface area (Å²) < 4.78 is 6.25. The van der Waals surface area contributed by atoms with Crippen molar-refractivity contribution in [2.45, 2.75) is 13.0 Å². The molecule has 148 valence electrons. The van der Waals surface area contributed by atoms with Crippen molar-refractivity contribution >= 4 is 39.6 Å². The maximum Gasteiger partial charge on any atom is 0.128 e. The molecule has 0 amide bonds. The van der Waals surface area contributed by atoms with Crippen molar-refractivity contribution in [2.75, 3.05) is 13.3 Å². The number of ether oxygens (including phenoxy) is 1. The molecule has 0 spiro atoms. The van der Waals surface area contributed by atoms with Crippen LogP contribution in [-0.2, 0) is 13.0 Å². The topological polar surface area (TPSA) is 37.9 Å². The van der Waals surface area contributed by atoms with Gasteiger partial charge in [0.2, 0.25) is 0 Å². The van der Waals surface area contributed by atoms with Crippen molar-refractivity contribution < 1.29 is 4.74 Å². The van der Waals surface area contributed by atoms with Gasteiger partial charge in [0.25, 0.3) is 0 Å². The zero-order chi connectivity index (χ0) is 20.2. The molecule has 30 heavy (non-hydrogen) atoms. The average molecular weight is 428 g/mol. The van der Waals surface area contributed by atoms with Gasteiger partial charge < -0.3 is 9.72 Å². The van der Waals surface area contributed by atoms with Crippen molar-refractivity contribution in [2.24, 2.45) is 0 Å². The molecule has 1 aromatic heterocycles. The van der Waals surface area contributed by atoms with Crippen LogP contribution in [0.25, 0.3) is 39.2 Å². The number of rotatable bonds is 3. The molecule has 1 N–H and O–H groups in total. The number of hydrogen-bond acceptors (Lipinski definition) is 2. The zero-order valence-corrected chi connectivity index (χ0v) is 19.0. The third-order valence-corrected chi connectivity index (χ3v) is 7.88. The van der Waals surface area contributed by atoms with Gasteiger partial charge in [-0.1, -0.05) is 47.5 Å². The molecule has 2 unspecified atom stereocenters. The van der Waals surface area contributed by atoms with E-state index in [1.165, 1.54) is 38.6 Å². The minimum atomic E-state index is 0.604. The van der Waals surface area contributed by atoms with Crippen LogP contribution in [0.2, 0.25) is 0 Å². The van der Waals surface area contributed by atoms with E-state index in [0.717, 1.165) is 37.6 Å². The van der Waals surface area contributed by atoms with Gasteiger partial charge >= 0.3 is 0 Å². The van der Waals surface area contributed by atoms with E-state index in [4.69, 9.17) is 4.74 Å². The molecule has 0 radical (unpaired) electrons. The molecule has 0 fully saturated rings. The number of aromatic amines is 1. The highest BCUT2D eigenvalue weighted by atomic mass is 31.1. The van der Waals surface area contributed by atoms with Crippen molar-refractivity contribution in [3.05, 3.63) is 70.7 Å². The van der Waals surface area contributed by atoms with Crippen molar-refractivity contribution in [1.29, 1.82) is 0 Å². The SMILES string of the molecule is CPC1=Cc2ccc3cc4c(cc3c2C1)OCc1cc(-c2cnc(PC)[nH]2)ccc1-4. The standard InChI is InChI=1S/C25H22N2OP2/c1-29-18-8-14-3-4-15-9-22-19-6-5-16(23-12-26-25(27-23)30-2)7-17(19)13-28-24(22)11-21(15)20(14)10-18/h3-9,11-12,29-30H,10,13H2,1-2H3,(H,26,27). The molecule has 5 heteroatoms. The maximum atomic E-state index is 6.25. The normalized spacial score (nSPS) is 14.9. The van der Waals surface area contributed by atoms with Crippen LogP contribution < -0.4 is 10.3 Å². The summed E-state index contributed by atoms with van der Waals surface area (Å²) in [5.74, 6) is 1.000. The number of fused-ring (bicyclic) bond motifs is 6. The van der Waals surface area contributed by atoms with Crippen molar-refractivity contribution in [1.82, 2.24) is 9.97 Å². The molecular formula is C25H22N2OP2. The number of hydrogen-bond donors (Lipinski definition) is 1. The van der Waals surface area contributed by atoms with E-state index in [2.05, 4.69) is 71.8 Å². The smallest absolute Gasteiger partial charge is 0.128 e. The van der Waals surface area contributed by atoms with E-state index in [1.807, 2.05) is 6.20 Å². The predicted octanol–water partition coefficient (Wildman–Crippen LogP) is 5.93. The minimum absolute atomic E-state index is 0.604. The summed E-state index contributed by atoms with van der Waals surface area (Å²) in [6.45, 7) is 5.01. The molecule has 0 saturated carbocycles. The Kier molecular flexibility index (Phi) is 4.30. The quantitative estimate of drug-likeness (QED) is 0.411. The fourth-order valence-corrected chi connectivity index (χ4v) is 5.68. The Morgan fingerprint density at radius 3 is 2.77 bits per heavy atom. The molecule has 2 atom stereocenters. The predicted molar refractivity (Wildman–Crippen MR) is 131 cm³/mol. The number of nitrogens with zero attached hydrogens (tertiary/aromatic N) is 1. The first kappa shape index (κ1) is 18.3. The van der Waals surface area contributed by atoms with Crippen molar-refractivity contribution in [3.63, 3.8) is 0 Å². The molecule has 1 aliphatic carbocycles. The Morgan fingerprint density at radius 1 is 1.00 bits per heavy atom. The van der Waals surface area contributed by atoms with Crippen LogP contribution in [0.4, 0.5) is 0 Å². The van der Waals surface area contributed by atoms with Crippen LogP contribution in [0.5, 0.6) is 5.75 Å². The first-order valence-corrected chi connectivity index (χ1v) is 13.2. The lowest BCUT2D eigenvalue weighted by atomic mass is 9.91. The molecule has 3 nitrogen and oxygen atoms in total. The highest BCUT2D eigenvalue weighted by Crippen LogP contribution is 2.44. The number of imidazole rings is 1. The molecule has 2 heterocycles. The number of nitrogens with one attached hydrogen (secondary N) is 1. The molecule has 4 aromatic rings. The van der Waals surface area contributed by atoms with Gasteiger partial charge in [0.15, 0.2) is 0 Å². The zero-order valence-electron chi connectivity index (χ0n) is 17.0. The van der Waals surface area contributed by atoms with E-state index in [-0.39, 0.29) is 0 Å². The Labute approximate surface area is 179 Å². The average Bonchev–Trinajstić information content (AvgIpc) is 3.44. The summed E-state index contributed by atoms with van der Waals surface area (Å²) in [4.78, 5) is 7.87. The summed E-state index contributed by atoms with van der Waals surface area (Å²) in [6.07, 6.45) is 5.37. The lowest BCUT2D eigenvalue weighted by molar-refractivity contribution is 0.303. The molecular weight excluding hydrogens is 406 g/mol. The van der Waals surface area contributed by atoms with E-state index < -0.39 is 0 Å². The van der Waals surface area contributed by atoms with Crippen molar-refractivity contribution in [3.8, 4) is 28.1 Å². The van der Waals surface area contributed by atoms with Crippen LogP contribution >= 0.6 is 17.2 Å². The Bertz CT molecular complexity index is 1350. The fraction of sp³-hybridized carbons (Fsp3) is 0.160. The van der Waals surface area contributed by atoms with Gasteiger partial charge in [-0.3, -0.25) is 0 Å². The first-order valence-electron chi connectivity index (χ1n) is 10.2. The van der Waals surface area contributed by atoms with Crippen LogP contribution in [-0.4, -0.2) is 23.3 Å². The fourth-order valence-electron chi connectivity index (χ4n) is 4.58. The van der Waals surface area contributed by atoms with E-state index in [9.17, 15) is 0 Å². The van der Waals surface area contributed by atoms with E-state index in [1.54, 1.807) is 5.31 Å². The largest absolute Gasteiger partial charge is 0.488 e. The molecule has 0 saturated heterocycles. The lowest BCUT2D eigenvalue weighted by Gasteiger charge is -2.23. The van der Waals surface area contributed by atoms with Crippen LogP contribution in [0.3, 0.4) is 0 Å². The summed E-state index contributed by atoms with van der Waals surface area (Å²) in [5.41, 5.74) is 9.80. The summed E-state index contributed by atoms with van der Waals surface area (Å²) in [6, 6.07) is 15.8. The summed E-state index contributed by atoms with van der Waals surface area (Å²) in [5, 5.41) is 4.17. The number of aromatic nitrogens is 2. The second-order valence-corrected chi connectivity index (χ2v) is 9.97. The maximum absolute atomic E-state index is 6.25.